The van der Waals surface area contributed by atoms with Crippen molar-refractivity contribution in [1.82, 2.24) is 15.1 Å². The molecule has 1 aliphatic carbocycles. The minimum atomic E-state index is -1.18. The Morgan fingerprint density at radius 2 is 1.87 bits per heavy atom. The normalized spacial score (nSPS) is 18.4. The number of hydrogen-bond donors (Lipinski definition) is 2. The van der Waals surface area contributed by atoms with E-state index in [-0.39, 0.29) is 17.6 Å². The molecule has 2 fully saturated rings. The van der Waals surface area contributed by atoms with Crippen LogP contribution in [0.1, 0.15) is 43.0 Å². The zero-order valence-electron chi connectivity index (χ0n) is 17.5. The number of Topliss-reactive ketones (excluding diaryl/α,β-unsaturated/α-hetero) is 1. The fourth-order valence-electron chi connectivity index (χ4n) is 3.71. The van der Waals surface area contributed by atoms with Crippen LogP contribution in [0.25, 0.3) is 0 Å². The van der Waals surface area contributed by atoms with Crippen LogP contribution < -0.4 is 10.1 Å². The number of benzene rings is 1. The van der Waals surface area contributed by atoms with Gasteiger partial charge in [0.1, 0.15) is 11.8 Å². The lowest BCUT2D eigenvalue weighted by molar-refractivity contribution is -0.132. The second kappa shape index (κ2) is 10.4. The van der Waals surface area contributed by atoms with Gasteiger partial charge in [0, 0.05) is 37.7 Å². The predicted molar refractivity (Wildman–Crippen MR) is 112 cm³/mol. The van der Waals surface area contributed by atoms with Crippen molar-refractivity contribution in [2.24, 2.45) is 5.92 Å². The summed E-state index contributed by atoms with van der Waals surface area (Å²) >= 11 is 0. The lowest BCUT2D eigenvalue weighted by Crippen LogP contribution is -2.47. The van der Waals surface area contributed by atoms with Crippen LogP contribution in [0.2, 0.25) is 0 Å². The zero-order chi connectivity index (χ0) is 21.5. The Morgan fingerprint density at radius 3 is 2.53 bits per heavy atom. The zero-order valence-corrected chi connectivity index (χ0v) is 17.5. The van der Waals surface area contributed by atoms with Gasteiger partial charge in [0.25, 0.3) is 0 Å². The minimum Gasteiger partial charge on any atom is -0.494 e. The highest BCUT2D eigenvalue weighted by Crippen LogP contribution is 2.32. The van der Waals surface area contributed by atoms with Crippen LogP contribution in [0.15, 0.2) is 24.3 Å². The quantitative estimate of drug-likeness (QED) is 0.472. The largest absolute Gasteiger partial charge is 0.494 e. The standard InChI is InChI=1S/C22H31N3O5/c1-16(23-22(28)29)21(27)25-12-2-10-24(13-14-25)11-3-15-30-19-8-6-18(7-9-19)20(26)17-4-5-17/h6-9,16-17,23H,2-5,10-15H2,1H3,(H,28,29)/t16-/m1/s1. The summed E-state index contributed by atoms with van der Waals surface area (Å²) in [6.07, 6.45) is 2.57. The van der Waals surface area contributed by atoms with Gasteiger partial charge in [0.15, 0.2) is 5.78 Å². The maximum atomic E-state index is 12.4. The Morgan fingerprint density at radius 1 is 1.13 bits per heavy atom. The van der Waals surface area contributed by atoms with Crippen molar-refractivity contribution in [3.05, 3.63) is 29.8 Å². The smallest absolute Gasteiger partial charge is 0.405 e. The maximum Gasteiger partial charge on any atom is 0.405 e. The highest BCUT2D eigenvalue weighted by Gasteiger charge is 2.30. The monoisotopic (exact) mass is 417 g/mol. The van der Waals surface area contributed by atoms with Crippen LogP contribution in [0.4, 0.5) is 4.79 Å². The molecule has 1 saturated carbocycles. The molecule has 2 N–H and O–H groups in total. The second-order valence-electron chi connectivity index (χ2n) is 8.06. The van der Waals surface area contributed by atoms with Crippen molar-refractivity contribution in [3.63, 3.8) is 0 Å². The first-order chi connectivity index (χ1) is 14.4. The SMILES string of the molecule is C[C@@H](NC(=O)O)C(=O)N1CCCN(CCCOc2ccc(C(=O)C3CC3)cc2)CC1. The first-order valence-corrected chi connectivity index (χ1v) is 10.7. The summed E-state index contributed by atoms with van der Waals surface area (Å²) in [7, 11) is 0. The Labute approximate surface area is 177 Å². The fourth-order valence-corrected chi connectivity index (χ4v) is 3.71. The minimum absolute atomic E-state index is 0.175. The van der Waals surface area contributed by atoms with Gasteiger partial charge in [-0.3, -0.25) is 9.59 Å². The van der Waals surface area contributed by atoms with E-state index in [1.807, 2.05) is 24.3 Å². The molecule has 164 valence electrons. The number of amides is 2. The average molecular weight is 418 g/mol. The number of carboxylic acid groups (broad SMARTS) is 1. The number of ketones is 1. The highest BCUT2D eigenvalue weighted by molar-refractivity contribution is 5.99. The Kier molecular flexibility index (Phi) is 7.68. The van der Waals surface area contributed by atoms with E-state index in [2.05, 4.69) is 10.2 Å². The third kappa shape index (κ3) is 6.45. The van der Waals surface area contributed by atoms with Gasteiger partial charge in [-0.25, -0.2) is 4.79 Å². The van der Waals surface area contributed by atoms with Crippen LogP contribution in [0.3, 0.4) is 0 Å². The predicted octanol–water partition coefficient (Wildman–Crippen LogP) is 2.24. The molecule has 30 heavy (non-hydrogen) atoms. The van der Waals surface area contributed by atoms with Gasteiger partial charge < -0.3 is 25.0 Å². The highest BCUT2D eigenvalue weighted by atomic mass is 16.5. The summed E-state index contributed by atoms with van der Waals surface area (Å²) in [4.78, 5) is 39.2. The molecule has 1 aliphatic heterocycles. The van der Waals surface area contributed by atoms with Gasteiger partial charge >= 0.3 is 6.09 Å². The molecular formula is C22H31N3O5. The van der Waals surface area contributed by atoms with E-state index in [0.29, 0.717) is 19.7 Å². The number of carbonyl (C=O) groups is 3. The Hall–Kier alpha value is -2.61. The molecular weight excluding hydrogens is 386 g/mol. The first-order valence-electron chi connectivity index (χ1n) is 10.7. The van der Waals surface area contributed by atoms with E-state index in [1.165, 1.54) is 0 Å². The van der Waals surface area contributed by atoms with Crippen molar-refractivity contribution < 1.29 is 24.2 Å². The van der Waals surface area contributed by atoms with E-state index in [1.54, 1.807) is 11.8 Å². The van der Waals surface area contributed by atoms with E-state index in [0.717, 1.165) is 56.6 Å². The Balaban J connectivity index is 1.35. The molecule has 1 atom stereocenters. The second-order valence-corrected chi connectivity index (χ2v) is 8.06. The van der Waals surface area contributed by atoms with E-state index in [9.17, 15) is 14.4 Å². The molecule has 1 saturated heterocycles. The summed E-state index contributed by atoms with van der Waals surface area (Å²) in [6, 6.07) is 6.68. The number of nitrogens with zero attached hydrogens (tertiary/aromatic N) is 2. The van der Waals surface area contributed by atoms with E-state index < -0.39 is 12.1 Å². The van der Waals surface area contributed by atoms with Crippen molar-refractivity contribution >= 4 is 17.8 Å². The molecule has 2 amide bonds. The van der Waals surface area contributed by atoms with Crippen molar-refractivity contribution in [1.29, 1.82) is 0 Å². The number of ether oxygens (including phenoxy) is 1. The van der Waals surface area contributed by atoms with Gasteiger partial charge in [-0.05, 0) is 63.4 Å². The van der Waals surface area contributed by atoms with Gasteiger partial charge in [0.2, 0.25) is 5.91 Å². The van der Waals surface area contributed by atoms with Crippen molar-refractivity contribution in [2.45, 2.75) is 38.6 Å². The van der Waals surface area contributed by atoms with Crippen LogP contribution in [0, 0.1) is 5.92 Å². The summed E-state index contributed by atoms with van der Waals surface area (Å²) in [5, 5.41) is 11.0. The van der Waals surface area contributed by atoms with Gasteiger partial charge in [0.05, 0.1) is 6.61 Å². The van der Waals surface area contributed by atoms with Crippen LogP contribution in [-0.2, 0) is 4.79 Å². The molecule has 8 heteroatoms. The van der Waals surface area contributed by atoms with E-state index in [4.69, 9.17) is 9.84 Å². The average Bonchev–Trinajstić information content (AvgIpc) is 3.57. The molecule has 1 aromatic carbocycles. The molecule has 1 heterocycles. The molecule has 2 aliphatic rings. The third-order valence-corrected chi connectivity index (χ3v) is 5.58. The lowest BCUT2D eigenvalue weighted by atomic mass is 10.1. The third-order valence-electron chi connectivity index (χ3n) is 5.58. The summed E-state index contributed by atoms with van der Waals surface area (Å²) in [6.45, 7) is 5.96. The van der Waals surface area contributed by atoms with E-state index >= 15 is 0 Å². The van der Waals surface area contributed by atoms with Crippen LogP contribution in [0.5, 0.6) is 5.75 Å². The Bertz CT molecular complexity index is 748. The molecule has 8 nitrogen and oxygen atoms in total. The van der Waals surface area contributed by atoms with Gasteiger partial charge in [-0.15, -0.1) is 0 Å². The van der Waals surface area contributed by atoms with Gasteiger partial charge in [-0.2, -0.15) is 0 Å². The molecule has 0 bridgehead atoms. The topological polar surface area (TPSA) is 99.2 Å². The van der Waals surface area contributed by atoms with Crippen LogP contribution >= 0.6 is 0 Å². The first kappa shape index (κ1) is 22.1. The molecule has 0 unspecified atom stereocenters. The number of nitrogens with one attached hydrogen (secondary N) is 1. The molecule has 0 spiro atoms. The van der Waals surface area contributed by atoms with Gasteiger partial charge in [-0.1, -0.05) is 0 Å². The summed E-state index contributed by atoms with van der Waals surface area (Å²) in [5.41, 5.74) is 0.765. The van der Waals surface area contributed by atoms with Crippen LogP contribution in [-0.4, -0.2) is 78.1 Å². The van der Waals surface area contributed by atoms with Crippen molar-refractivity contribution in [2.75, 3.05) is 39.3 Å². The fraction of sp³-hybridized carbons (Fsp3) is 0.591. The number of hydrogen-bond acceptors (Lipinski definition) is 5. The molecule has 0 radical (unpaired) electrons. The molecule has 0 aromatic heterocycles. The summed E-state index contributed by atoms with van der Waals surface area (Å²) < 4.78 is 5.80. The number of rotatable bonds is 9. The summed E-state index contributed by atoms with van der Waals surface area (Å²) in [5.74, 6) is 1.07. The van der Waals surface area contributed by atoms with Crippen molar-refractivity contribution in [3.8, 4) is 5.75 Å². The number of carbonyl (C=O) groups excluding carboxylic acids is 2. The molecule has 1 aromatic rings. The molecule has 3 rings (SSSR count). The lowest BCUT2D eigenvalue weighted by Gasteiger charge is -2.24. The maximum absolute atomic E-state index is 12.4.